The number of nitrogens with one attached hydrogen (secondary N) is 1. The van der Waals surface area contributed by atoms with Gasteiger partial charge in [-0.15, -0.1) is 0 Å². The van der Waals surface area contributed by atoms with Crippen molar-refractivity contribution in [1.29, 1.82) is 0 Å². The van der Waals surface area contributed by atoms with E-state index in [9.17, 15) is 0 Å². The van der Waals surface area contributed by atoms with Crippen molar-refractivity contribution >= 4 is 16.8 Å². The molecule has 1 atom stereocenters. The van der Waals surface area contributed by atoms with Crippen LogP contribution < -0.4 is 5.32 Å². The molecule has 3 rings (SSSR count). The van der Waals surface area contributed by atoms with Crippen molar-refractivity contribution in [2.75, 3.05) is 6.54 Å². The Labute approximate surface area is 115 Å². The number of fused-ring (bicyclic) bond motifs is 1. The molecular weight excluding hydrogens is 230 g/mol. The second-order valence-electron chi connectivity index (χ2n) is 5.38. The largest absolute Gasteiger partial charge is 0.311 e. The summed E-state index contributed by atoms with van der Waals surface area (Å²) in [6, 6.07) is 15.8. The summed E-state index contributed by atoms with van der Waals surface area (Å²) < 4.78 is 0. The van der Waals surface area contributed by atoms with Gasteiger partial charge in [0.05, 0.1) is 0 Å². The lowest BCUT2D eigenvalue weighted by atomic mass is 10.1. The van der Waals surface area contributed by atoms with E-state index in [0.717, 1.165) is 6.54 Å². The van der Waals surface area contributed by atoms with Gasteiger partial charge in [0, 0.05) is 6.04 Å². The fourth-order valence-corrected chi connectivity index (χ4v) is 2.76. The first-order valence-electron chi connectivity index (χ1n) is 7.32. The van der Waals surface area contributed by atoms with Gasteiger partial charge >= 0.3 is 0 Å². The van der Waals surface area contributed by atoms with Crippen molar-refractivity contribution < 1.29 is 0 Å². The van der Waals surface area contributed by atoms with Gasteiger partial charge in [0.15, 0.2) is 0 Å². The monoisotopic (exact) mass is 251 g/mol. The van der Waals surface area contributed by atoms with Crippen molar-refractivity contribution in [3.05, 3.63) is 54.1 Å². The first-order chi connectivity index (χ1) is 9.42. The van der Waals surface area contributed by atoms with Crippen LogP contribution in [0.5, 0.6) is 0 Å². The van der Waals surface area contributed by atoms with Crippen molar-refractivity contribution in [2.24, 2.45) is 0 Å². The van der Waals surface area contributed by atoms with Crippen LogP contribution in [0.4, 0.5) is 0 Å². The number of rotatable bonds is 2. The molecule has 1 fully saturated rings. The maximum atomic E-state index is 3.60. The summed E-state index contributed by atoms with van der Waals surface area (Å²) in [7, 11) is 0. The zero-order valence-electron chi connectivity index (χ0n) is 11.3. The first-order valence-corrected chi connectivity index (χ1v) is 7.32. The summed E-state index contributed by atoms with van der Waals surface area (Å²) in [5, 5.41) is 6.23. The lowest BCUT2D eigenvalue weighted by Gasteiger charge is -2.10. The van der Waals surface area contributed by atoms with Crippen molar-refractivity contribution in [3.63, 3.8) is 0 Å². The van der Waals surface area contributed by atoms with E-state index in [1.165, 1.54) is 42.0 Å². The predicted molar refractivity (Wildman–Crippen MR) is 83.2 cm³/mol. The summed E-state index contributed by atoms with van der Waals surface area (Å²) >= 11 is 0. The topological polar surface area (TPSA) is 12.0 Å². The Morgan fingerprint density at radius 3 is 2.79 bits per heavy atom. The fourth-order valence-electron chi connectivity index (χ4n) is 2.76. The summed E-state index contributed by atoms with van der Waals surface area (Å²) in [6.07, 6.45) is 9.89. The molecule has 19 heavy (non-hydrogen) atoms. The van der Waals surface area contributed by atoms with E-state index in [0.29, 0.717) is 6.04 Å². The third kappa shape index (κ3) is 3.24. The van der Waals surface area contributed by atoms with E-state index in [-0.39, 0.29) is 0 Å². The molecule has 1 saturated heterocycles. The average Bonchev–Trinajstić information content (AvgIpc) is 2.73. The molecule has 0 aromatic heterocycles. The Bertz CT molecular complexity index is 563. The Morgan fingerprint density at radius 1 is 0.947 bits per heavy atom. The van der Waals surface area contributed by atoms with Crippen LogP contribution in [0.15, 0.2) is 48.5 Å². The van der Waals surface area contributed by atoms with Gasteiger partial charge in [0.2, 0.25) is 0 Å². The molecule has 98 valence electrons. The SMILES string of the molecule is C(=C\C1CCCCCN1)/c1ccc2ccccc2c1. The summed E-state index contributed by atoms with van der Waals surface area (Å²) in [5.41, 5.74) is 1.30. The van der Waals surface area contributed by atoms with Crippen LogP contribution in [0.2, 0.25) is 0 Å². The lowest BCUT2D eigenvalue weighted by molar-refractivity contribution is 0.599. The molecular formula is C18H21N. The van der Waals surface area contributed by atoms with Gasteiger partial charge in [-0.3, -0.25) is 0 Å². The van der Waals surface area contributed by atoms with Gasteiger partial charge in [0.1, 0.15) is 0 Å². The van der Waals surface area contributed by atoms with Gasteiger partial charge in [-0.1, -0.05) is 61.4 Å². The number of hydrogen-bond acceptors (Lipinski definition) is 1. The Balaban J connectivity index is 1.76. The molecule has 2 aromatic carbocycles. The van der Waals surface area contributed by atoms with Gasteiger partial charge in [-0.2, -0.15) is 0 Å². The molecule has 0 amide bonds. The van der Waals surface area contributed by atoms with E-state index in [4.69, 9.17) is 0 Å². The third-order valence-electron chi connectivity index (χ3n) is 3.89. The second kappa shape index (κ2) is 6.03. The molecule has 0 saturated carbocycles. The van der Waals surface area contributed by atoms with E-state index in [1.54, 1.807) is 0 Å². The summed E-state index contributed by atoms with van der Waals surface area (Å²) in [5.74, 6) is 0. The lowest BCUT2D eigenvalue weighted by Crippen LogP contribution is -2.25. The molecule has 1 nitrogen and oxygen atoms in total. The molecule has 1 N–H and O–H groups in total. The van der Waals surface area contributed by atoms with E-state index in [2.05, 4.69) is 59.9 Å². The molecule has 1 unspecified atom stereocenters. The van der Waals surface area contributed by atoms with Crippen molar-refractivity contribution in [1.82, 2.24) is 5.32 Å². The molecule has 1 heteroatoms. The minimum absolute atomic E-state index is 0.550. The Kier molecular flexibility index (Phi) is 3.95. The Morgan fingerprint density at radius 2 is 1.84 bits per heavy atom. The number of hydrogen-bond donors (Lipinski definition) is 1. The second-order valence-corrected chi connectivity index (χ2v) is 5.38. The van der Waals surface area contributed by atoms with Crippen LogP contribution >= 0.6 is 0 Å². The molecule has 0 radical (unpaired) electrons. The van der Waals surface area contributed by atoms with Crippen LogP contribution in [0, 0.1) is 0 Å². The van der Waals surface area contributed by atoms with Crippen molar-refractivity contribution in [2.45, 2.75) is 31.7 Å². The number of benzene rings is 2. The van der Waals surface area contributed by atoms with Crippen LogP contribution in [-0.4, -0.2) is 12.6 Å². The molecule has 0 bridgehead atoms. The molecule has 1 heterocycles. The maximum Gasteiger partial charge on any atom is 0.0253 e. The van der Waals surface area contributed by atoms with Gasteiger partial charge in [-0.25, -0.2) is 0 Å². The summed E-state index contributed by atoms with van der Waals surface area (Å²) in [6.45, 7) is 1.16. The molecule has 0 aliphatic carbocycles. The first kappa shape index (κ1) is 12.4. The zero-order valence-corrected chi connectivity index (χ0v) is 11.3. The fraction of sp³-hybridized carbons (Fsp3) is 0.333. The van der Waals surface area contributed by atoms with Gasteiger partial charge < -0.3 is 5.32 Å². The predicted octanol–water partition coefficient (Wildman–Crippen LogP) is 4.39. The van der Waals surface area contributed by atoms with Gasteiger partial charge in [0.25, 0.3) is 0 Å². The quantitative estimate of drug-likeness (QED) is 0.835. The van der Waals surface area contributed by atoms with E-state index in [1.807, 2.05) is 0 Å². The van der Waals surface area contributed by atoms with Crippen LogP contribution in [-0.2, 0) is 0 Å². The van der Waals surface area contributed by atoms with Crippen LogP contribution in [0.1, 0.15) is 31.2 Å². The van der Waals surface area contributed by atoms with Crippen LogP contribution in [0.25, 0.3) is 16.8 Å². The minimum Gasteiger partial charge on any atom is -0.311 e. The molecule has 2 aromatic rings. The standard InChI is InChI=1S/C18H21N/c1-2-8-18(19-13-5-1)12-10-15-9-11-16-6-3-4-7-17(16)14-15/h3-4,6-7,9-12,14,18-19H,1-2,5,8,13H2/b12-10+. The summed E-state index contributed by atoms with van der Waals surface area (Å²) in [4.78, 5) is 0. The highest BCUT2D eigenvalue weighted by molar-refractivity contribution is 5.84. The highest BCUT2D eigenvalue weighted by Gasteiger charge is 2.07. The molecule has 1 aliphatic rings. The third-order valence-corrected chi connectivity index (χ3v) is 3.89. The average molecular weight is 251 g/mol. The van der Waals surface area contributed by atoms with E-state index < -0.39 is 0 Å². The van der Waals surface area contributed by atoms with Crippen LogP contribution in [0.3, 0.4) is 0 Å². The van der Waals surface area contributed by atoms with Crippen molar-refractivity contribution in [3.8, 4) is 0 Å². The highest BCUT2D eigenvalue weighted by Crippen LogP contribution is 2.17. The smallest absolute Gasteiger partial charge is 0.0253 e. The molecule has 0 spiro atoms. The van der Waals surface area contributed by atoms with E-state index >= 15 is 0 Å². The highest BCUT2D eigenvalue weighted by atomic mass is 14.9. The normalized spacial score (nSPS) is 20.7. The Hall–Kier alpha value is -1.60. The molecule has 1 aliphatic heterocycles. The maximum absolute atomic E-state index is 3.60. The van der Waals surface area contributed by atoms with Gasteiger partial charge in [-0.05, 0) is 41.8 Å². The minimum atomic E-state index is 0.550. The zero-order chi connectivity index (χ0) is 12.9.